The highest BCUT2D eigenvalue weighted by Crippen LogP contribution is 2.33. The third kappa shape index (κ3) is 25.3. The first kappa shape index (κ1) is 85.9. The monoisotopic (exact) mass is 1610 g/mol. The van der Waals surface area contributed by atoms with Gasteiger partial charge in [0.2, 0.25) is 0 Å². The van der Waals surface area contributed by atoms with E-state index in [0.29, 0.717) is 5.02 Å². The first-order valence-electron chi connectivity index (χ1n) is 39.4. The second kappa shape index (κ2) is 43.2. The molecule has 0 spiro atoms. The summed E-state index contributed by atoms with van der Waals surface area (Å²) in [6, 6.07) is 93.5. The van der Waals surface area contributed by atoms with Crippen LogP contribution in [0.25, 0.3) is 136 Å². The van der Waals surface area contributed by atoms with Gasteiger partial charge in [0.05, 0.1) is 90.4 Å². The molecule has 0 saturated carbocycles. The van der Waals surface area contributed by atoms with E-state index in [1.165, 1.54) is 11.1 Å². The smallest absolute Gasteiger partial charge is 0.157 e. The van der Waals surface area contributed by atoms with E-state index in [9.17, 15) is 0 Å². The number of aryl methyl sites for hydroxylation is 4. The Bertz CT molecular complexity index is 5840. The quantitative estimate of drug-likeness (QED) is 0.0724. The van der Waals surface area contributed by atoms with Gasteiger partial charge in [-0.15, -0.1) is 0 Å². The minimum absolute atomic E-state index is 0. The molecule has 0 amide bonds. The summed E-state index contributed by atoms with van der Waals surface area (Å²) in [5.74, 6) is 3.13. The van der Waals surface area contributed by atoms with Crippen LogP contribution >= 0.6 is 11.6 Å². The molecule has 14 heterocycles. The lowest BCUT2D eigenvalue weighted by Crippen LogP contribution is -2.33. The molecule has 0 unspecified atom stereocenters. The number of nitrogens with one attached hydrogen (secondary N) is 3. The third-order valence-corrected chi connectivity index (χ3v) is 19.0. The lowest BCUT2D eigenvalue weighted by Gasteiger charge is -2.20. The molecule has 21 heteroatoms. The van der Waals surface area contributed by atoms with Crippen molar-refractivity contribution in [1.29, 1.82) is 0 Å². The zero-order valence-electron chi connectivity index (χ0n) is 68.6. The Balaban J connectivity index is 0.000000136. The molecule has 18 aromatic rings. The number of nitrogens with zero attached hydrogens (tertiary/aromatic N) is 17. The fraction of sp³-hybridized carbons (Fsp3) is 0.140. The molecule has 3 N–H and O–H groups in total. The van der Waals surface area contributed by atoms with Crippen molar-refractivity contribution in [1.82, 2.24) is 94.4 Å². The fourth-order valence-electron chi connectivity index (χ4n) is 12.3. The number of anilines is 2. The van der Waals surface area contributed by atoms with Crippen LogP contribution in [0.1, 0.15) is 29.7 Å². The van der Waals surface area contributed by atoms with E-state index < -0.39 is 0 Å². The first-order chi connectivity index (χ1) is 58.5. The largest absolute Gasteiger partial charge is 0.337 e. The topological polar surface area (TPSA) is 234 Å². The number of para-hydroxylation sites is 4. The van der Waals surface area contributed by atoms with Crippen LogP contribution in [0.4, 0.5) is 11.6 Å². The van der Waals surface area contributed by atoms with Gasteiger partial charge in [0.15, 0.2) is 11.6 Å². The van der Waals surface area contributed by atoms with Crippen molar-refractivity contribution in [3.8, 4) is 114 Å². The number of aromatic amines is 2. The van der Waals surface area contributed by atoms with Crippen molar-refractivity contribution in [3.63, 3.8) is 0 Å². The van der Waals surface area contributed by atoms with Gasteiger partial charge in [0, 0.05) is 80.8 Å². The Labute approximate surface area is 712 Å². The van der Waals surface area contributed by atoms with Crippen LogP contribution in [-0.4, -0.2) is 156 Å². The lowest BCUT2D eigenvalue weighted by molar-refractivity contribution is 0.254. The molecular weight excluding hydrogens is 1520 g/mol. The minimum Gasteiger partial charge on any atom is -0.337 e. The number of hydrogen-bond acceptors (Lipinski definition) is 18. The van der Waals surface area contributed by atoms with Gasteiger partial charge in [-0.3, -0.25) is 29.9 Å². The number of aromatic nitrogens is 16. The van der Waals surface area contributed by atoms with Gasteiger partial charge in [-0.25, -0.2) is 39.9 Å². The molecule has 14 aromatic heterocycles. The lowest BCUT2D eigenvalue weighted by atomic mass is 10.0. The van der Waals surface area contributed by atoms with Crippen molar-refractivity contribution < 1.29 is 0 Å². The highest BCUT2D eigenvalue weighted by atomic mass is 35.5. The van der Waals surface area contributed by atoms with Crippen molar-refractivity contribution in [2.45, 2.75) is 35.1 Å². The molecule has 20 nitrogen and oxygen atoms in total. The summed E-state index contributed by atoms with van der Waals surface area (Å²) in [4.78, 5) is 76.4. The number of pyridine rings is 12. The summed E-state index contributed by atoms with van der Waals surface area (Å²) in [7, 11) is 10.6. The van der Waals surface area contributed by atoms with E-state index in [1.54, 1.807) is 49.3 Å². The average Bonchev–Trinajstić information content (AvgIpc) is 1.59. The van der Waals surface area contributed by atoms with Crippen LogP contribution in [0.5, 0.6) is 0 Å². The Kier molecular flexibility index (Phi) is 30.7. The number of H-pyrrole nitrogens is 2. The molecule has 121 heavy (non-hydrogen) atoms. The summed E-state index contributed by atoms with van der Waals surface area (Å²) in [6.45, 7) is 12.9. The van der Waals surface area contributed by atoms with Crippen LogP contribution in [0.2, 0.25) is 5.02 Å². The predicted octanol–water partition coefficient (Wildman–Crippen LogP) is 21.9. The Morgan fingerprint density at radius 1 is 0.264 bits per heavy atom. The Morgan fingerprint density at radius 3 is 0.909 bits per heavy atom. The number of likely N-dealkylation sites (N-methyl/N-ethyl adjacent to an activating group) is 3. The van der Waals surface area contributed by atoms with Crippen LogP contribution in [-0.2, 0) is 0 Å². The number of imidazole rings is 2. The summed E-state index contributed by atoms with van der Waals surface area (Å²) >= 11 is 6.15. The highest BCUT2D eigenvalue weighted by molar-refractivity contribution is 6.31. The maximum Gasteiger partial charge on any atom is 0.157 e. The zero-order chi connectivity index (χ0) is 83.4. The highest BCUT2D eigenvalue weighted by Gasteiger charge is 2.16. The number of benzene rings is 4. The second-order valence-electron chi connectivity index (χ2n) is 28.9. The molecule has 0 aliphatic heterocycles. The summed E-state index contributed by atoms with van der Waals surface area (Å²) in [5, 5.41) is 3.70. The molecule has 0 aliphatic rings. The van der Waals surface area contributed by atoms with E-state index in [2.05, 4.69) is 233 Å². The molecule has 0 fully saturated rings. The average molecular weight is 1610 g/mol. The van der Waals surface area contributed by atoms with Crippen molar-refractivity contribution >= 4 is 45.3 Å². The number of hydrogen-bond donors (Lipinski definition) is 3. The van der Waals surface area contributed by atoms with Gasteiger partial charge in [-0.2, -0.15) is 0 Å². The van der Waals surface area contributed by atoms with Crippen LogP contribution in [0.15, 0.2) is 335 Å². The molecule has 0 saturated heterocycles. The van der Waals surface area contributed by atoms with Gasteiger partial charge < -0.3 is 30.0 Å². The molecule has 4 aromatic carbocycles. The number of halogens is 1. The van der Waals surface area contributed by atoms with E-state index in [0.717, 1.165) is 185 Å². The van der Waals surface area contributed by atoms with Gasteiger partial charge in [-0.05, 0) is 266 Å². The van der Waals surface area contributed by atoms with Gasteiger partial charge in [-0.1, -0.05) is 145 Å². The van der Waals surface area contributed by atoms with Crippen molar-refractivity contribution in [2.24, 2.45) is 0 Å². The van der Waals surface area contributed by atoms with E-state index in [4.69, 9.17) is 26.6 Å². The van der Waals surface area contributed by atoms with E-state index in [-0.39, 0.29) is 7.43 Å². The summed E-state index contributed by atoms with van der Waals surface area (Å²) in [6.07, 6.45) is 14.2. The van der Waals surface area contributed by atoms with Crippen molar-refractivity contribution in [2.75, 3.05) is 66.7 Å². The fourth-order valence-corrected chi connectivity index (χ4v) is 12.5. The molecule has 604 valence electrons. The normalized spacial score (nSPS) is 10.7. The van der Waals surface area contributed by atoms with Crippen molar-refractivity contribution in [3.05, 3.63) is 362 Å². The SMILES string of the molecule is C.CN(C)CCN(C)CCN(C)C.Cc1ccc(-c2cc(-c3cc(C)ccn3)nc(-c3cc(C)ccn3)c2)cc1.Cc1ccc(-c2cc(-c3ccccn3)nc(-c3ccccn3)c2)cc1.Clc1cc(-c2ccccn2)nc(-c2ccccn2)c1.c1cc(-c2nc3ccccc3[nH]2)nc(-c2nc3ccccc3[nH]2)c1.c1ccc(Nc2ccccn2)nc1. The van der Waals surface area contributed by atoms with Gasteiger partial charge >= 0.3 is 0 Å². The molecule has 0 bridgehead atoms. The standard InChI is InChI=1S/C24H21N3.C22H17N3.C19H13N5.C15H10ClN3.C10H9N3.C9H23N3.CH4/c1-16-4-6-19(7-5-16)20-14-23(21-12-17(2)8-10-25-21)27-24(15-20)22-13-18(3)9-11-26-22;1-16-8-10-17(11-9-16)18-14-21(19-6-2-4-12-23-19)25-22(15-18)20-7-3-5-13-24-20;1-2-7-13-12(6-1)21-18(22-13)16-10-5-11-17(20-16)19-23-14-8-3-4-9-15(14)24-19;16-11-9-14(12-5-1-3-7-17-12)19-15(10-11)13-6-2-4-8-18-13;1-3-7-11-9(5-1)13-10-6-2-4-8-12-10;1-10(2)6-8-12(5)9-7-11(3)4;/h4-15H,1-3H3;2-15H,1H3;1-11H,(H,21,22)(H,23,24);1-10H;1-8H,(H,11,12,13);6-9H2,1-5H3;1H4. The first-order valence-corrected chi connectivity index (χ1v) is 39.7. The summed E-state index contributed by atoms with van der Waals surface area (Å²) in [5.41, 5.74) is 24.8. The van der Waals surface area contributed by atoms with E-state index in [1.807, 2.05) is 200 Å². The summed E-state index contributed by atoms with van der Waals surface area (Å²) < 4.78 is 0. The van der Waals surface area contributed by atoms with Crippen LogP contribution in [0.3, 0.4) is 0 Å². The van der Waals surface area contributed by atoms with Gasteiger partial charge in [0.25, 0.3) is 0 Å². The molecular formula is C100H97ClN20. The van der Waals surface area contributed by atoms with E-state index >= 15 is 0 Å². The predicted molar refractivity (Wildman–Crippen MR) is 494 cm³/mol. The van der Waals surface area contributed by atoms with Crippen LogP contribution in [0, 0.1) is 27.7 Å². The maximum atomic E-state index is 6.15. The number of rotatable bonds is 18. The minimum atomic E-state index is 0. The zero-order valence-corrected chi connectivity index (χ0v) is 69.3. The Hall–Kier alpha value is -14.4. The molecule has 0 aliphatic carbocycles. The molecule has 0 radical (unpaired) electrons. The maximum absolute atomic E-state index is 6.15. The molecule has 18 rings (SSSR count). The van der Waals surface area contributed by atoms with Crippen LogP contribution < -0.4 is 5.32 Å². The molecule has 0 atom stereocenters. The number of fused-ring (bicyclic) bond motifs is 2. The van der Waals surface area contributed by atoms with Gasteiger partial charge in [0.1, 0.15) is 23.0 Å². The Morgan fingerprint density at radius 2 is 0.579 bits per heavy atom. The second-order valence-corrected chi connectivity index (χ2v) is 29.4. The third-order valence-electron chi connectivity index (χ3n) is 18.7.